The number of rotatable bonds is 2. The lowest BCUT2D eigenvalue weighted by Crippen LogP contribution is -1.81. The van der Waals surface area contributed by atoms with Gasteiger partial charge in [-0.1, -0.05) is 17.2 Å². The molecule has 0 saturated heterocycles. The Morgan fingerprint density at radius 2 is 1.73 bits per heavy atom. The lowest BCUT2D eigenvalue weighted by molar-refractivity contribution is 0.248. The van der Waals surface area contributed by atoms with Crippen LogP contribution in [0.3, 0.4) is 0 Å². The van der Waals surface area contributed by atoms with E-state index in [9.17, 15) is 0 Å². The van der Waals surface area contributed by atoms with Gasteiger partial charge in [0.25, 0.3) is 0 Å². The van der Waals surface area contributed by atoms with Crippen LogP contribution in [0.25, 0.3) is 11.3 Å². The Balaban J connectivity index is 2.44. The Labute approximate surface area is 89.2 Å². The molecule has 0 amide bonds. The van der Waals surface area contributed by atoms with Gasteiger partial charge in [0.15, 0.2) is 0 Å². The van der Waals surface area contributed by atoms with Crippen LogP contribution in [0.15, 0.2) is 34.7 Å². The van der Waals surface area contributed by atoms with Gasteiger partial charge in [-0.3, -0.25) is 0 Å². The maximum Gasteiger partial charge on any atom is 0.134 e. The number of aliphatic hydroxyl groups is 1. The molecule has 0 aliphatic heterocycles. The molecular weight excluding hydrogens is 188 g/mol. The predicted molar refractivity (Wildman–Crippen MR) is 59.5 cm³/mol. The zero-order valence-electron chi connectivity index (χ0n) is 8.95. The third-order valence-corrected chi connectivity index (χ3v) is 2.32. The number of hydrogen-bond acceptors (Lipinski definition) is 2. The van der Waals surface area contributed by atoms with E-state index >= 15 is 0 Å². The molecule has 1 aromatic carbocycles. The van der Waals surface area contributed by atoms with Crippen LogP contribution in [0.4, 0.5) is 0 Å². The lowest BCUT2D eigenvalue weighted by atomic mass is 10.1. The summed E-state index contributed by atoms with van der Waals surface area (Å²) in [5.41, 5.74) is 3.49. The molecule has 2 rings (SSSR count). The van der Waals surface area contributed by atoms with Gasteiger partial charge < -0.3 is 9.52 Å². The molecule has 0 aliphatic carbocycles. The van der Waals surface area contributed by atoms with E-state index < -0.39 is 0 Å². The highest BCUT2D eigenvalue weighted by Crippen LogP contribution is 2.24. The summed E-state index contributed by atoms with van der Waals surface area (Å²) in [5, 5.41) is 8.91. The van der Waals surface area contributed by atoms with Crippen molar-refractivity contribution in [2.45, 2.75) is 20.5 Å². The summed E-state index contributed by atoms with van der Waals surface area (Å²) < 4.78 is 5.48. The van der Waals surface area contributed by atoms with Crippen LogP contribution in [0.5, 0.6) is 0 Å². The van der Waals surface area contributed by atoms with Gasteiger partial charge in [-0.25, -0.2) is 0 Å². The van der Waals surface area contributed by atoms with Gasteiger partial charge in [-0.15, -0.1) is 0 Å². The molecule has 0 atom stereocenters. The van der Waals surface area contributed by atoms with Crippen LogP contribution in [-0.4, -0.2) is 5.11 Å². The Morgan fingerprint density at radius 3 is 2.27 bits per heavy atom. The molecule has 0 bridgehead atoms. The molecule has 15 heavy (non-hydrogen) atoms. The van der Waals surface area contributed by atoms with E-state index in [1.807, 2.05) is 6.07 Å². The SMILES string of the molecule is Cc1cc(C)cc(-c2ccc(CO)o2)c1. The Kier molecular flexibility index (Phi) is 2.60. The molecule has 0 saturated carbocycles. The number of hydrogen-bond donors (Lipinski definition) is 1. The maximum atomic E-state index is 8.91. The third-order valence-electron chi connectivity index (χ3n) is 2.32. The first-order chi connectivity index (χ1) is 7.19. The Bertz CT molecular complexity index is 449. The van der Waals surface area contributed by atoms with Gasteiger partial charge >= 0.3 is 0 Å². The summed E-state index contributed by atoms with van der Waals surface area (Å²) in [6.45, 7) is 4.07. The minimum Gasteiger partial charge on any atom is -0.459 e. The molecule has 1 N–H and O–H groups in total. The van der Waals surface area contributed by atoms with E-state index in [2.05, 4.69) is 32.0 Å². The molecule has 0 fully saturated rings. The van der Waals surface area contributed by atoms with Crippen molar-refractivity contribution in [3.8, 4) is 11.3 Å². The third kappa shape index (κ3) is 2.10. The largest absolute Gasteiger partial charge is 0.459 e. The van der Waals surface area contributed by atoms with Gasteiger partial charge in [0.05, 0.1) is 0 Å². The van der Waals surface area contributed by atoms with Crippen LogP contribution >= 0.6 is 0 Å². The van der Waals surface area contributed by atoms with Crippen LogP contribution in [0.1, 0.15) is 16.9 Å². The quantitative estimate of drug-likeness (QED) is 0.811. The van der Waals surface area contributed by atoms with Crippen LogP contribution in [0, 0.1) is 13.8 Å². The fourth-order valence-electron chi connectivity index (χ4n) is 1.73. The molecule has 2 aromatic rings. The Morgan fingerprint density at radius 1 is 1.07 bits per heavy atom. The van der Waals surface area contributed by atoms with Gasteiger partial charge in [-0.05, 0) is 38.1 Å². The average molecular weight is 202 g/mol. The number of benzene rings is 1. The molecule has 1 heterocycles. The van der Waals surface area contributed by atoms with Crippen molar-refractivity contribution in [3.63, 3.8) is 0 Å². The van der Waals surface area contributed by atoms with E-state index in [4.69, 9.17) is 9.52 Å². The summed E-state index contributed by atoms with van der Waals surface area (Å²) in [4.78, 5) is 0. The minimum atomic E-state index is -0.0508. The number of aliphatic hydroxyl groups excluding tert-OH is 1. The summed E-state index contributed by atoms with van der Waals surface area (Å²) in [6.07, 6.45) is 0. The first-order valence-electron chi connectivity index (χ1n) is 4.97. The van der Waals surface area contributed by atoms with Gasteiger partial charge in [0, 0.05) is 5.56 Å². The van der Waals surface area contributed by atoms with Gasteiger partial charge in [0.2, 0.25) is 0 Å². The van der Waals surface area contributed by atoms with Crippen molar-refractivity contribution >= 4 is 0 Å². The van der Waals surface area contributed by atoms with Gasteiger partial charge in [-0.2, -0.15) is 0 Å². The average Bonchev–Trinajstić information content (AvgIpc) is 2.64. The molecule has 2 nitrogen and oxygen atoms in total. The van der Waals surface area contributed by atoms with Crippen molar-refractivity contribution in [1.82, 2.24) is 0 Å². The molecule has 1 aromatic heterocycles. The normalized spacial score (nSPS) is 10.6. The maximum absolute atomic E-state index is 8.91. The minimum absolute atomic E-state index is 0.0508. The highest BCUT2D eigenvalue weighted by molar-refractivity contribution is 5.59. The summed E-state index contributed by atoms with van der Waals surface area (Å²) in [5.74, 6) is 1.41. The van der Waals surface area contributed by atoms with Gasteiger partial charge in [0.1, 0.15) is 18.1 Å². The molecule has 0 aliphatic rings. The second-order valence-electron chi connectivity index (χ2n) is 3.80. The fourth-order valence-corrected chi connectivity index (χ4v) is 1.73. The van der Waals surface area contributed by atoms with E-state index in [1.165, 1.54) is 11.1 Å². The second-order valence-corrected chi connectivity index (χ2v) is 3.80. The van der Waals surface area contributed by atoms with Crippen molar-refractivity contribution in [2.75, 3.05) is 0 Å². The van der Waals surface area contributed by atoms with Crippen molar-refractivity contribution < 1.29 is 9.52 Å². The first kappa shape index (κ1) is 9.99. The fraction of sp³-hybridized carbons (Fsp3) is 0.231. The monoisotopic (exact) mass is 202 g/mol. The van der Waals surface area contributed by atoms with Crippen molar-refractivity contribution in [3.05, 3.63) is 47.2 Å². The standard InChI is InChI=1S/C13H14O2/c1-9-5-10(2)7-11(6-9)13-4-3-12(8-14)15-13/h3-7,14H,8H2,1-2H3. The summed E-state index contributed by atoms with van der Waals surface area (Å²) >= 11 is 0. The number of aryl methyl sites for hydroxylation is 2. The lowest BCUT2D eigenvalue weighted by Gasteiger charge is -2.01. The van der Waals surface area contributed by atoms with E-state index in [0.29, 0.717) is 5.76 Å². The molecule has 0 spiro atoms. The number of furan rings is 1. The van der Waals surface area contributed by atoms with E-state index in [1.54, 1.807) is 6.07 Å². The van der Waals surface area contributed by atoms with Crippen LogP contribution in [0.2, 0.25) is 0 Å². The molecule has 0 unspecified atom stereocenters. The zero-order chi connectivity index (χ0) is 10.8. The molecular formula is C13H14O2. The van der Waals surface area contributed by atoms with E-state index in [-0.39, 0.29) is 6.61 Å². The molecule has 78 valence electrons. The highest BCUT2D eigenvalue weighted by atomic mass is 16.4. The molecule has 2 heteroatoms. The van der Waals surface area contributed by atoms with Crippen molar-refractivity contribution in [1.29, 1.82) is 0 Å². The highest BCUT2D eigenvalue weighted by Gasteiger charge is 2.04. The van der Waals surface area contributed by atoms with Crippen LogP contribution < -0.4 is 0 Å². The van der Waals surface area contributed by atoms with Crippen LogP contribution in [-0.2, 0) is 6.61 Å². The topological polar surface area (TPSA) is 33.4 Å². The first-order valence-corrected chi connectivity index (χ1v) is 4.97. The predicted octanol–water partition coefficient (Wildman–Crippen LogP) is 3.06. The summed E-state index contributed by atoms with van der Waals surface area (Å²) in [7, 11) is 0. The summed E-state index contributed by atoms with van der Waals surface area (Å²) in [6, 6.07) is 9.96. The van der Waals surface area contributed by atoms with Crippen molar-refractivity contribution in [2.24, 2.45) is 0 Å². The van der Waals surface area contributed by atoms with E-state index in [0.717, 1.165) is 11.3 Å². The smallest absolute Gasteiger partial charge is 0.134 e. The molecule has 0 radical (unpaired) electrons. The second kappa shape index (κ2) is 3.91. The Hall–Kier alpha value is -1.54. The zero-order valence-corrected chi connectivity index (χ0v) is 8.95.